The molecule has 0 aliphatic carbocycles. The monoisotopic (exact) mass is 200 g/mol. The van der Waals surface area contributed by atoms with E-state index in [2.05, 4.69) is 29.1 Å². The average molecular weight is 201 g/mol. The van der Waals surface area contributed by atoms with Crippen molar-refractivity contribution < 1.29 is 0 Å². The van der Waals surface area contributed by atoms with Gasteiger partial charge in [-0.3, -0.25) is 0 Å². The average Bonchev–Trinajstić information content (AvgIpc) is 2.13. The summed E-state index contributed by atoms with van der Waals surface area (Å²) < 4.78 is 0. The van der Waals surface area contributed by atoms with Crippen LogP contribution in [0.2, 0.25) is 5.15 Å². The Morgan fingerprint density at radius 1 is 1.62 bits per heavy atom. The third kappa shape index (κ3) is 2.45. The summed E-state index contributed by atoms with van der Waals surface area (Å²) in [6.07, 6.45) is 2.39. The molecule has 13 heavy (non-hydrogen) atoms. The molecule has 0 aromatic carbocycles. The highest BCUT2D eigenvalue weighted by atomic mass is 35.5. The van der Waals surface area contributed by atoms with E-state index in [4.69, 9.17) is 17.3 Å². The summed E-state index contributed by atoms with van der Waals surface area (Å²) in [6, 6.07) is 0.327. The molecule has 1 aromatic heterocycles. The van der Waals surface area contributed by atoms with E-state index >= 15 is 0 Å². The fraction of sp³-hybridized carbons (Fsp3) is 0.500. The van der Waals surface area contributed by atoms with Crippen molar-refractivity contribution in [2.75, 3.05) is 11.1 Å². The first-order valence-corrected chi connectivity index (χ1v) is 4.55. The first-order valence-electron chi connectivity index (χ1n) is 4.17. The third-order valence-electron chi connectivity index (χ3n) is 1.83. The van der Waals surface area contributed by atoms with Gasteiger partial charge in [-0.05, 0) is 13.3 Å². The van der Waals surface area contributed by atoms with E-state index in [1.54, 1.807) is 0 Å². The summed E-state index contributed by atoms with van der Waals surface area (Å²) in [6.45, 7) is 4.13. The smallest absolute Gasteiger partial charge is 0.157 e. The van der Waals surface area contributed by atoms with Crippen molar-refractivity contribution in [2.45, 2.75) is 26.3 Å². The number of rotatable bonds is 3. The summed E-state index contributed by atoms with van der Waals surface area (Å²) >= 11 is 5.72. The molecule has 1 heterocycles. The van der Waals surface area contributed by atoms with Crippen molar-refractivity contribution in [2.24, 2.45) is 0 Å². The van der Waals surface area contributed by atoms with Gasteiger partial charge in [0, 0.05) is 6.04 Å². The van der Waals surface area contributed by atoms with Gasteiger partial charge < -0.3 is 11.1 Å². The van der Waals surface area contributed by atoms with Gasteiger partial charge in [-0.25, -0.2) is 9.97 Å². The van der Waals surface area contributed by atoms with Gasteiger partial charge in [-0.1, -0.05) is 18.5 Å². The topological polar surface area (TPSA) is 63.8 Å². The molecule has 5 heteroatoms. The van der Waals surface area contributed by atoms with Gasteiger partial charge in [0.2, 0.25) is 0 Å². The lowest BCUT2D eigenvalue weighted by Crippen LogP contribution is -2.16. The lowest BCUT2D eigenvalue weighted by Gasteiger charge is -2.13. The standard InChI is InChI=1S/C8H13ClN4/c1-3-5(2)13-8-6(10)7(9)11-4-12-8/h4-5H,3,10H2,1-2H3,(H,11,12,13)/t5-/m1/s1. The number of halogens is 1. The molecule has 0 fully saturated rings. The van der Waals surface area contributed by atoms with Crippen LogP contribution in [0.4, 0.5) is 11.5 Å². The summed E-state index contributed by atoms with van der Waals surface area (Å²) in [5.41, 5.74) is 6.07. The van der Waals surface area contributed by atoms with E-state index in [-0.39, 0.29) is 0 Å². The normalized spacial score (nSPS) is 12.5. The maximum absolute atomic E-state index is 5.72. The van der Waals surface area contributed by atoms with E-state index in [1.165, 1.54) is 6.33 Å². The minimum atomic E-state index is 0.292. The van der Waals surface area contributed by atoms with Crippen LogP contribution in [0.25, 0.3) is 0 Å². The summed E-state index contributed by atoms with van der Waals surface area (Å²) in [5, 5.41) is 3.43. The Balaban J connectivity index is 2.83. The van der Waals surface area contributed by atoms with Crippen LogP contribution in [-0.2, 0) is 0 Å². The molecule has 0 aliphatic heterocycles. The predicted molar refractivity (Wildman–Crippen MR) is 54.8 cm³/mol. The Morgan fingerprint density at radius 3 is 2.92 bits per heavy atom. The number of anilines is 2. The van der Waals surface area contributed by atoms with Crippen LogP contribution in [0.5, 0.6) is 0 Å². The molecule has 3 N–H and O–H groups in total. The highest BCUT2D eigenvalue weighted by molar-refractivity contribution is 6.32. The van der Waals surface area contributed by atoms with Crippen molar-refractivity contribution in [3.8, 4) is 0 Å². The third-order valence-corrected chi connectivity index (χ3v) is 2.13. The fourth-order valence-corrected chi connectivity index (χ4v) is 0.958. The van der Waals surface area contributed by atoms with Crippen molar-refractivity contribution in [1.29, 1.82) is 0 Å². The molecule has 0 unspecified atom stereocenters. The van der Waals surface area contributed by atoms with E-state index in [0.717, 1.165) is 6.42 Å². The quantitative estimate of drug-likeness (QED) is 0.732. The Bertz CT molecular complexity index is 289. The second-order valence-corrected chi connectivity index (χ2v) is 3.24. The molecule has 0 radical (unpaired) electrons. The molecule has 0 amide bonds. The number of hydrogen-bond acceptors (Lipinski definition) is 4. The fourth-order valence-electron chi connectivity index (χ4n) is 0.825. The molecule has 0 aliphatic rings. The number of nitrogens with two attached hydrogens (primary N) is 1. The van der Waals surface area contributed by atoms with Crippen LogP contribution in [0.1, 0.15) is 20.3 Å². The van der Waals surface area contributed by atoms with Crippen molar-refractivity contribution in [3.63, 3.8) is 0 Å². The minimum absolute atomic E-state index is 0.292. The highest BCUT2D eigenvalue weighted by Gasteiger charge is 2.07. The molecule has 1 rings (SSSR count). The predicted octanol–water partition coefficient (Wildman–Crippen LogP) is 1.92. The molecule has 0 bridgehead atoms. The zero-order chi connectivity index (χ0) is 9.84. The molecule has 1 atom stereocenters. The zero-order valence-electron chi connectivity index (χ0n) is 7.71. The second kappa shape index (κ2) is 4.28. The Labute approximate surface area is 82.5 Å². The van der Waals surface area contributed by atoms with Gasteiger partial charge in [0.1, 0.15) is 12.0 Å². The van der Waals surface area contributed by atoms with Crippen LogP contribution < -0.4 is 11.1 Å². The number of hydrogen-bond donors (Lipinski definition) is 2. The van der Waals surface area contributed by atoms with Crippen molar-refractivity contribution in [3.05, 3.63) is 11.5 Å². The number of aromatic nitrogens is 2. The van der Waals surface area contributed by atoms with Crippen molar-refractivity contribution in [1.82, 2.24) is 9.97 Å². The van der Waals surface area contributed by atoms with Gasteiger partial charge in [0.25, 0.3) is 0 Å². The number of nitrogen functional groups attached to an aromatic ring is 1. The minimum Gasteiger partial charge on any atom is -0.393 e. The van der Waals surface area contributed by atoms with Crippen LogP contribution in [0.3, 0.4) is 0 Å². The number of nitrogens with zero attached hydrogens (tertiary/aromatic N) is 2. The van der Waals surface area contributed by atoms with E-state index in [0.29, 0.717) is 22.7 Å². The summed E-state index contributed by atoms with van der Waals surface area (Å²) in [4.78, 5) is 7.76. The first kappa shape index (κ1) is 10.1. The summed E-state index contributed by atoms with van der Waals surface area (Å²) in [7, 11) is 0. The summed E-state index contributed by atoms with van der Waals surface area (Å²) in [5.74, 6) is 0.606. The Kier molecular flexibility index (Phi) is 3.31. The van der Waals surface area contributed by atoms with Crippen LogP contribution in [0.15, 0.2) is 6.33 Å². The van der Waals surface area contributed by atoms with Crippen LogP contribution in [0, 0.1) is 0 Å². The second-order valence-electron chi connectivity index (χ2n) is 2.88. The maximum atomic E-state index is 5.72. The van der Waals surface area contributed by atoms with E-state index < -0.39 is 0 Å². The van der Waals surface area contributed by atoms with E-state index in [9.17, 15) is 0 Å². The molecule has 1 aromatic rings. The van der Waals surface area contributed by atoms with Crippen LogP contribution in [-0.4, -0.2) is 16.0 Å². The molecule has 4 nitrogen and oxygen atoms in total. The first-order chi connectivity index (χ1) is 6.15. The van der Waals surface area contributed by atoms with Gasteiger partial charge in [0.05, 0.1) is 0 Å². The molecular formula is C8H13ClN4. The highest BCUT2D eigenvalue weighted by Crippen LogP contribution is 2.22. The van der Waals surface area contributed by atoms with E-state index in [1.807, 2.05) is 0 Å². The lowest BCUT2D eigenvalue weighted by molar-refractivity contribution is 0.759. The van der Waals surface area contributed by atoms with Crippen LogP contribution >= 0.6 is 11.6 Å². The van der Waals surface area contributed by atoms with Gasteiger partial charge in [0.15, 0.2) is 11.0 Å². The Morgan fingerprint density at radius 2 is 2.31 bits per heavy atom. The number of nitrogens with one attached hydrogen (secondary N) is 1. The van der Waals surface area contributed by atoms with Gasteiger partial charge in [-0.15, -0.1) is 0 Å². The molecule has 0 saturated carbocycles. The van der Waals surface area contributed by atoms with Gasteiger partial charge in [-0.2, -0.15) is 0 Å². The SMILES string of the molecule is CC[C@@H](C)Nc1ncnc(Cl)c1N. The molecule has 0 spiro atoms. The lowest BCUT2D eigenvalue weighted by atomic mass is 10.2. The Hall–Kier alpha value is -1.03. The maximum Gasteiger partial charge on any atom is 0.157 e. The molecule has 0 saturated heterocycles. The van der Waals surface area contributed by atoms with Crippen molar-refractivity contribution >= 4 is 23.1 Å². The van der Waals surface area contributed by atoms with Gasteiger partial charge >= 0.3 is 0 Å². The molecular weight excluding hydrogens is 188 g/mol. The zero-order valence-corrected chi connectivity index (χ0v) is 8.47. The largest absolute Gasteiger partial charge is 0.393 e. The molecule has 72 valence electrons.